The van der Waals surface area contributed by atoms with E-state index in [1.807, 2.05) is 25.1 Å². The van der Waals surface area contributed by atoms with Crippen LogP contribution in [-0.2, 0) is 4.79 Å². The maximum Gasteiger partial charge on any atom is 0.257 e. The molecule has 30 heavy (non-hydrogen) atoms. The average molecular weight is 406 g/mol. The third-order valence-corrected chi connectivity index (χ3v) is 5.45. The first-order valence-corrected chi connectivity index (χ1v) is 9.97. The number of amides is 2. The third kappa shape index (κ3) is 4.25. The number of aryl methyl sites for hydroxylation is 1. The number of halogens is 1. The number of H-pyrrole nitrogens is 1. The Morgan fingerprint density at radius 1 is 1.17 bits per heavy atom. The molecule has 1 atom stereocenters. The van der Waals surface area contributed by atoms with Gasteiger partial charge in [0.05, 0.1) is 17.7 Å². The maximum absolute atomic E-state index is 13.4. The number of piperidine rings is 1. The van der Waals surface area contributed by atoms with E-state index in [0.29, 0.717) is 24.3 Å². The van der Waals surface area contributed by atoms with Crippen molar-refractivity contribution >= 4 is 17.5 Å². The standard InChI is InChI=1S/C23H23FN4O2/c1-15-21(13-25-27-15)23(30)28-11-3-5-18(14-28)22(29)26-20-9-7-16(8-10-20)17-4-2-6-19(24)12-17/h2,4,6-10,12-13,18H,3,5,11,14H2,1H3,(H,25,27)(H,26,29)/t18-/m1/s1. The number of hydrogen-bond acceptors (Lipinski definition) is 3. The molecule has 0 aliphatic carbocycles. The number of hydrogen-bond donors (Lipinski definition) is 2. The minimum absolute atomic E-state index is 0.0989. The molecule has 2 heterocycles. The molecule has 1 fully saturated rings. The molecule has 0 spiro atoms. The van der Waals surface area contributed by atoms with E-state index in [-0.39, 0.29) is 23.5 Å². The molecule has 0 saturated carbocycles. The van der Waals surface area contributed by atoms with Gasteiger partial charge in [0.25, 0.3) is 5.91 Å². The number of aromatic amines is 1. The zero-order valence-corrected chi connectivity index (χ0v) is 16.7. The highest BCUT2D eigenvalue weighted by Crippen LogP contribution is 2.24. The first-order chi connectivity index (χ1) is 14.5. The van der Waals surface area contributed by atoms with Gasteiger partial charge in [-0.25, -0.2) is 4.39 Å². The SMILES string of the molecule is Cc1[nH]ncc1C(=O)N1CCC[C@@H](C(=O)Nc2ccc(-c3cccc(F)c3)cc2)C1. The molecule has 6 nitrogen and oxygen atoms in total. The molecule has 0 unspecified atom stereocenters. The van der Waals surface area contributed by atoms with Crippen LogP contribution in [0.3, 0.4) is 0 Å². The molecule has 1 aromatic heterocycles. The summed E-state index contributed by atoms with van der Waals surface area (Å²) < 4.78 is 13.4. The second kappa shape index (κ2) is 8.49. The molecule has 0 bridgehead atoms. The minimum Gasteiger partial charge on any atom is -0.338 e. The summed E-state index contributed by atoms with van der Waals surface area (Å²) in [6.45, 7) is 2.83. The summed E-state index contributed by atoms with van der Waals surface area (Å²) in [5.41, 5.74) is 3.60. The summed E-state index contributed by atoms with van der Waals surface area (Å²) in [6, 6.07) is 13.7. The van der Waals surface area contributed by atoms with Crippen LogP contribution in [0.4, 0.5) is 10.1 Å². The Kier molecular flexibility index (Phi) is 5.61. The van der Waals surface area contributed by atoms with Gasteiger partial charge in [-0.2, -0.15) is 5.10 Å². The Morgan fingerprint density at radius 3 is 2.67 bits per heavy atom. The molecule has 2 amide bonds. The zero-order valence-electron chi connectivity index (χ0n) is 16.7. The summed E-state index contributed by atoms with van der Waals surface area (Å²) in [5.74, 6) is -0.752. The van der Waals surface area contributed by atoms with E-state index in [9.17, 15) is 14.0 Å². The van der Waals surface area contributed by atoms with Gasteiger partial charge in [-0.3, -0.25) is 14.7 Å². The highest BCUT2D eigenvalue weighted by molar-refractivity contribution is 5.97. The Bertz CT molecular complexity index is 1060. The van der Waals surface area contributed by atoms with Gasteiger partial charge in [0.1, 0.15) is 5.82 Å². The normalized spacial score (nSPS) is 16.3. The fraction of sp³-hybridized carbons (Fsp3) is 0.261. The number of nitrogens with zero attached hydrogens (tertiary/aromatic N) is 2. The van der Waals surface area contributed by atoms with Gasteiger partial charge < -0.3 is 10.2 Å². The molecule has 1 saturated heterocycles. The Hall–Kier alpha value is -3.48. The van der Waals surface area contributed by atoms with Crippen molar-refractivity contribution in [3.8, 4) is 11.1 Å². The Morgan fingerprint density at radius 2 is 1.97 bits per heavy atom. The van der Waals surface area contributed by atoms with Crippen molar-refractivity contribution < 1.29 is 14.0 Å². The monoisotopic (exact) mass is 406 g/mol. The molecule has 154 valence electrons. The molecule has 3 aromatic rings. The zero-order chi connectivity index (χ0) is 21.1. The summed E-state index contributed by atoms with van der Waals surface area (Å²) in [6.07, 6.45) is 3.04. The van der Waals surface area contributed by atoms with Crippen molar-refractivity contribution in [3.63, 3.8) is 0 Å². The lowest BCUT2D eigenvalue weighted by atomic mass is 9.96. The van der Waals surface area contributed by atoms with Gasteiger partial charge in [0.2, 0.25) is 5.91 Å². The average Bonchev–Trinajstić information content (AvgIpc) is 3.19. The minimum atomic E-state index is -0.285. The van der Waals surface area contributed by atoms with Crippen LogP contribution >= 0.6 is 0 Å². The van der Waals surface area contributed by atoms with Gasteiger partial charge in [0.15, 0.2) is 0 Å². The number of nitrogens with one attached hydrogen (secondary N) is 2. The van der Waals surface area contributed by atoms with E-state index in [2.05, 4.69) is 15.5 Å². The molecule has 4 rings (SSSR count). The summed E-state index contributed by atoms with van der Waals surface area (Å²) >= 11 is 0. The topological polar surface area (TPSA) is 78.1 Å². The van der Waals surface area contributed by atoms with Crippen LogP contribution in [0.2, 0.25) is 0 Å². The lowest BCUT2D eigenvalue weighted by Crippen LogP contribution is -2.43. The smallest absolute Gasteiger partial charge is 0.257 e. The lowest BCUT2D eigenvalue weighted by Gasteiger charge is -2.32. The highest BCUT2D eigenvalue weighted by Gasteiger charge is 2.30. The van der Waals surface area contributed by atoms with Crippen molar-refractivity contribution in [2.45, 2.75) is 19.8 Å². The van der Waals surface area contributed by atoms with E-state index >= 15 is 0 Å². The van der Waals surface area contributed by atoms with Gasteiger partial charge in [-0.15, -0.1) is 0 Å². The van der Waals surface area contributed by atoms with Crippen molar-refractivity contribution in [1.82, 2.24) is 15.1 Å². The maximum atomic E-state index is 13.4. The van der Waals surface area contributed by atoms with Crippen molar-refractivity contribution in [3.05, 3.63) is 71.8 Å². The van der Waals surface area contributed by atoms with Crippen LogP contribution in [0.1, 0.15) is 28.9 Å². The molecule has 1 aliphatic heterocycles. The number of anilines is 1. The fourth-order valence-corrected chi connectivity index (χ4v) is 3.77. The second-order valence-electron chi connectivity index (χ2n) is 7.58. The van der Waals surface area contributed by atoms with Crippen molar-refractivity contribution in [1.29, 1.82) is 0 Å². The van der Waals surface area contributed by atoms with Gasteiger partial charge in [0, 0.05) is 24.5 Å². The molecule has 0 radical (unpaired) electrons. The molecular formula is C23H23FN4O2. The van der Waals surface area contributed by atoms with E-state index in [1.54, 1.807) is 23.1 Å². The van der Waals surface area contributed by atoms with E-state index < -0.39 is 0 Å². The predicted molar refractivity (Wildman–Crippen MR) is 112 cm³/mol. The Balaban J connectivity index is 1.40. The molecule has 1 aliphatic rings. The number of rotatable bonds is 4. The van der Waals surface area contributed by atoms with Crippen LogP contribution in [0.15, 0.2) is 54.7 Å². The van der Waals surface area contributed by atoms with Gasteiger partial charge >= 0.3 is 0 Å². The van der Waals surface area contributed by atoms with Crippen LogP contribution < -0.4 is 5.32 Å². The number of benzene rings is 2. The van der Waals surface area contributed by atoms with Crippen LogP contribution in [0, 0.1) is 18.7 Å². The largest absolute Gasteiger partial charge is 0.338 e. The molecular weight excluding hydrogens is 383 g/mol. The number of carbonyl (C=O) groups is 2. The number of carbonyl (C=O) groups excluding carboxylic acids is 2. The van der Waals surface area contributed by atoms with Crippen LogP contribution in [-0.4, -0.2) is 40.0 Å². The second-order valence-corrected chi connectivity index (χ2v) is 7.58. The van der Waals surface area contributed by atoms with Gasteiger partial charge in [-0.1, -0.05) is 24.3 Å². The Labute approximate surface area is 174 Å². The quantitative estimate of drug-likeness (QED) is 0.687. The van der Waals surface area contributed by atoms with Crippen molar-refractivity contribution in [2.24, 2.45) is 5.92 Å². The summed E-state index contributed by atoms with van der Waals surface area (Å²) in [7, 11) is 0. The third-order valence-electron chi connectivity index (χ3n) is 5.45. The van der Waals surface area contributed by atoms with Crippen LogP contribution in [0.25, 0.3) is 11.1 Å². The predicted octanol–water partition coefficient (Wildman–Crippen LogP) is 4.02. The molecule has 7 heteroatoms. The summed E-state index contributed by atoms with van der Waals surface area (Å²) in [4.78, 5) is 27.2. The number of likely N-dealkylation sites (tertiary alicyclic amines) is 1. The van der Waals surface area contributed by atoms with Gasteiger partial charge in [-0.05, 0) is 55.2 Å². The molecule has 2 N–H and O–H groups in total. The molecule has 2 aromatic carbocycles. The van der Waals surface area contributed by atoms with Crippen LogP contribution in [0.5, 0.6) is 0 Å². The first kappa shape index (κ1) is 19.8. The highest BCUT2D eigenvalue weighted by atomic mass is 19.1. The van der Waals surface area contributed by atoms with Crippen molar-refractivity contribution in [2.75, 3.05) is 18.4 Å². The first-order valence-electron chi connectivity index (χ1n) is 9.97. The van der Waals surface area contributed by atoms with E-state index in [1.165, 1.54) is 18.3 Å². The van der Waals surface area contributed by atoms with E-state index in [0.717, 1.165) is 29.7 Å². The van der Waals surface area contributed by atoms with E-state index in [4.69, 9.17) is 0 Å². The fourth-order valence-electron chi connectivity index (χ4n) is 3.77. The lowest BCUT2D eigenvalue weighted by molar-refractivity contribution is -0.121. The summed E-state index contributed by atoms with van der Waals surface area (Å²) in [5, 5.41) is 9.62. The number of aromatic nitrogens is 2.